The van der Waals surface area contributed by atoms with Gasteiger partial charge in [-0.05, 0) is 19.1 Å². The molecule has 0 bridgehead atoms. The van der Waals surface area contributed by atoms with Crippen molar-refractivity contribution in [2.24, 2.45) is 0 Å². The van der Waals surface area contributed by atoms with Gasteiger partial charge in [0.25, 0.3) is 0 Å². The number of aliphatic carboxylic acids is 1. The average molecular weight is 222 g/mol. The lowest BCUT2D eigenvalue weighted by Crippen LogP contribution is -2.33. The van der Waals surface area contributed by atoms with Gasteiger partial charge in [-0.25, -0.2) is 4.39 Å². The molecule has 1 aromatic carbocycles. The lowest BCUT2D eigenvalue weighted by atomic mass is 10.1. The molecule has 0 fully saturated rings. The van der Waals surface area contributed by atoms with E-state index in [-0.39, 0.29) is 12.1 Å². The molecule has 0 amide bonds. The first-order valence-corrected chi connectivity index (χ1v) is 4.69. The standard InChI is InChI=1S/C11H11FN2O2/c1-7(11(15)16)14-6-9-3-2-8(5-13)4-10(9)12/h2-4,7,14H,6H2,1H3,(H,15,16)/t7-/m1/s1. The minimum atomic E-state index is -0.992. The van der Waals surface area contributed by atoms with Crippen molar-refractivity contribution in [2.75, 3.05) is 0 Å². The molecule has 0 unspecified atom stereocenters. The summed E-state index contributed by atoms with van der Waals surface area (Å²) in [5.74, 6) is -1.50. The summed E-state index contributed by atoms with van der Waals surface area (Å²) in [4.78, 5) is 10.5. The van der Waals surface area contributed by atoms with Crippen LogP contribution in [0.1, 0.15) is 18.1 Å². The number of nitriles is 1. The van der Waals surface area contributed by atoms with Gasteiger partial charge in [0.1, 0.15) is 11.9 Å². The molecular weight excluding hydrogens is 211 g/mol. The zero-order valence-electron chi connectivity index (χ0n) is 8.70. The summed E-state index contributed by atoms with van der Waals surface area (Å²) >= 11 is 0. The van der Waals surface area contributed by atoms with E-state index >= 15 is 0 Å². The van der Waals surface area contributed by atoms with Gasteiger partial charge in [-0.2, -0.15) is 5.26 Å². The van der Waals surface area contributed by atoms with E-state index in [1.54, 1.807) is 0 Å². The zero-order chi connectivity index (χ0) is 12.1. The van der Waals surface area contributed by atoms with Gasteiger partial charge in [0.15, 0.2) is 0 Å². The molecule has 2 N–H and O–H groups in total. The van der Waals surface area contributed by atoms with Gasteiger partial charge in [-0.3, -0.25) is 4.79 Å². The van der Waals surface area contributed by atoms with Crippen LogP contribution in [0.3, 0.4) is 0 Å². The lowest BCUT2D eigenvalue weighted by Gasteiger charge is -2.09. The van der Waals surface area contributed by atoms with Crippen LogP contribution in [0.2, 0.25) is 0 Å². The first-order valence-electron chi connectivity index (χ1n) is 4.69. The predicted molar refractivity (Wildman–Crippen MR) is 55.1 cm³/mol. The molecule has 16 heavy (non-hydrogen) atoms. The molecule has 0 aliphatic rings. The molecule has 0 aliphatic heterocycles. The van der Waals surface area contributed by atoms with Crippen molar-refractivity contribution in [2.45, 2.75) is 19.5 Å². The van der Waals surface area contributed by atoms with Gasteiger partial charge < -0.3 is 10.4 Å². The van der Waals surface area contributed by atoms with Crippen LogP contribution >= 0.6 is 0 Å². The predicted octanol–water partition coefficient (Wildman–Crippen LogP) is 1.26. The molecule has 84 valence electrons. The van der Waals surface area contributed by atoms with Crippen LogP contribution in [0.5, 0.6) is 0 Å². The molecule has 0 saturated heterocycles. The zero-order valence-corrected chi connectivity index (χ0v) is 8.70. The number of halogens is 1. The number of nitrogens with one attached hydrogen (secondary N) is 1. The van der Waals surface area contributed by atoms with Crippen molar-refractivity contribution < 1.29 is 14.3 Å². The van der Waals surface area contributed by atoms with Gasteiger partial charge in [-0.15, -0.1) is 0 Å². The van der Waals surface area contributed by atoms with Gasteiger partial charge in [-0.1, -0.05) is 6.07 Å². The Balaban J connectivity index is 2.69. The number of carbonyl (C=O) groups is 1. The van der Waals surface area contributed by atoms with E-state index in [2.05, 4.69) is 5.32 Å². The second-order valence-corrected chi connectivity index (χ2v) is 3.36. The molecule has 0 saturated carbocycles. The summed E-state index contributed by atoms with van der Waals surface area (Å²) in [5, 5.41) is 19.8. The summed E-state index contributed by atoms with van der Waals surface area (Å²) in [6.45, 7) is 1.59. The number of carboxylic acid groups (broad SMARTS) is 1. The summed E-state index contributed by atoms with van der Waals surface area (Å²) in [6, 6.07) is 5.17. The second-order valence-electron chi connectivity index (χ2n) is 3.36. The van der Waals surface area contributed by atoms with Gasteiger partial charge in [0.2, 0.25) is 0 Å². The highest BCUT2D eigenvalue weighted by Gasteiger charge is 2.11. The Morgan fingerprint density at radius 3 is 2.88 bits per heavy atom. The normalized spacial score (nSPS) is 11.8. The van der Waals surface area contributed by atoms with Crippen molar-refractivity contribution in [1.29, 1.82) is 5.26 Å². The van der Waals surface area contributed by atoms with E-state index < -0.39 is 17.8 Å². The fourth-order valence-corrected chi connectivity index (χ4v) is 1.11. The van der Waals surface area contributed by atoms with Crippen molar-refractivity contribution in [3.63, 3.8) is 0 Å². The number of rotatable bonds is 4. The Morgan fingerprint density at radius 2 is 2.38 bits per heavy atom. The van der Waals surface area contributed by atoms with E-state index in [4.69, 9.17) is 10.4 Å². The van der Waals surface area contributed by atoms with E-state index in [1.807, 2.05) is 6.07 Å². The van der Waals surface area contributed by atoms with Crippen molar-refractivity contribution >= 4 is 5.97 Å². The van der Waals surface area contributed by atoms with E-state index in [1.165, 1.54) is 19.1 Å². The number of benzene rings is 1. The highest BCUT2D eigenvalue weighted by atomic mass is 19.1. The first-order chi connectivity index (χ1) is 7.54. The molecule has 0 aromatic heterocycles. The Hall–Kier alpha value is -1.93. The van der Waals surface area contributed by atoms with Crippen LogP contribution in [0.15, 0.2) is 18.2 Å². The van der Waals surface area contributed by atoms with Crippen molar-refractivity contribution in [3.05, 3.63) is 35.1 Å². The third-order valence-electron chi connectivity index (χ3n) is 2.15. The lowest BCUT2D eigenvalue weighted by molar-refractivity contribution is -0.139. The molecule has 4 nitrogen and oxygen atoms in total. The molecule has 5 heteroatoms. The fourth-order valence-electron chi connectivity index (χ4n) is 1.11. The minimum Gasteiger partial charge on any atom is -0.480 e. The van der Waals surface area contributed by atoms with Crippen molar-refractivity contribution in [3.8, 4) is 6.07 Å². The smallest absolute Gasteiger partial charge is 0.320 e. The maximum atomic E-state index is 13.4. The van der Waals surface area contributed by atoms with Crippen LogP contribution in [0, 0.1) is 17.1 Å². The molecule has 1 rings (SSSR count). The number of carboxylic acids is 1. The van der Waals surface area contributed by atoms with Gasteiger partial charge in [0, 0.05) is 12.1 Å². The van der Waals surface area contributed by atoms with Crippen LogP contribution < -0.4 is 5.32 Å². The molecular formula is C11H11FN2O2. The molecule has 0 heterocycles. The average Bonchev–Trinajstić information content (AvgIpc) is 2.26. The highest BCUT2D eigenvalue weighted by Crippen LogP contribution is 2.09. The van der Waals surface area contributed by atoms with Crippen molar-refractivity contribution in [1.82, 2.24) is 5.32 Å². The molecule has 0 aliphatic carbocycles. The fraction of sp³-hybridized carbons (Fsp3) is 0.273. The molecule has 1 atom stereocenters. The van der Waals surface area contributed by atoms with E-state index in [0.717, 1.165) is 6.07 Å². The first kappa shape index (κ1) is 12.1. The Morgan fingerprint density at radius 1 is 1.69 bits per heavy atom. The topological polar surface area (TPSA) is 73.1 Å². The SMILES string of the molecule is C[C@@H](NCc1ccc(C#N)cc1F)C(=O)O. The molecule has 1 aromatic rings. The maximum absolute atomic E-state index is 13.4. The third-order valence-corrected chi connectivity index (χ3v) is 2.15. The Kier molecular flexibility index (Phi) is 3.97. The summed E-state index contributed by atoms with van der Waals surface area (Å²) in [6.07, 6.45) is 0. The maximum Gasteiger partial charge on any atom is 0.320 e. The van der Waals surface area contributed by atoms with Crippen LogP contribution in [0.4, 0.5) is 4.39 Å². The second kappa shape index (κ2) is 5.24. The number of hydrogen-bond acceptors (Lipinski definition) is 3. The molecule has 0 spiro atoms. The highest BCUT2D eigenvalue weighted by molar-refractivity contribution is 5.72. The Bertz CT molecular complexity index is 440. The number of hydrogen-bond donors (Lipinski definition) is 2. The van der Waals surface area contributed by atoms with E-state index in [0.29, 0.717) is 5.56 Å². The minimum absolute atomic E-state index is 0.116. The van der Waals surface area contributed by atoms with Gasteiger partial charge in [0.05, 0.1) is 11.6 Å². The quantitative estimate of drug-likeness (QED) is 0.804. The summed E-state index contributed by atoms with van der Waals surface area (Å²) < 4.78 is 13.4. The van der Waals surface area contributed by atoms with Crippen LogP contribution in [-0.2, 0) is 11.3 Å². The summed E-state index contributed by atoms with van der Waals surface area (Å²) in [5.41, 5.74) is 0.583. The Labute approximate surface area is 92.3 Å². The third kappa shape index (κ3) is 3.04. The molecule has 0 radical (unpaired) electrons. The monoisotopic (exact) mass is 222 g/mol. The van der Waals surface area contributed by atoms with Gasteiger partial charge >= 0.3 is 5.97 Å². The van der Waals surface area contributed by atoms with E-state index in [9.17, 15) is 9.18 Å². The summed E-state index contributed by atoms with van der Waals surface area (Å²) in [7, 11) is 0. The largest absolute Gasteiger partial charge is 0.480 e. The van der Waals surface area contributed by atoms with Crippen LogP contribution in [0.25, 0.3) is 0 Å². The van der Waals surface area contributed by atoms with Crippen LogP contribution in [-0.4, -0.2) is 17.1 Å². The number of nitrogens with zero attached hydrogens (tertiary/aromatic N) is 1.